The lowest BCUT2D eigenvalue weighted by atomic mass is 10.2. The quantitative estimate of drug-likeness (QED) is 0.459. The van der Waals surface area contributed by atoms with Gasteiger partial charge in [-0.2, -0.15) is 5.10 Å². The lowest BCUT2D eigenvalue weighted by molar-refractivity contribution is -0.114. The highest BCUT2D eigenvalue weighted by atomic mass is 32.1. The van der Waals surface area contributed by atoms with Crippen LogP contribution in [-0.4, -0.2) is 22.2 Å². The minimum atomic E-state index is -0.102. The summed E-state index contributed by atoms with van der Waals surface area (Å²) in [5.41, 5.74) is 5.13. The maximum atomic E-state index is 10.9. The predicted molar refractivity (Wildman–Crippen MR) is 91.9 cm³/mol. The molecule has 3 N–H and O–H groups in total. The zero-order valence-electron chi connectivity index (χ0n) is 11.9. The Morgan fingerprint density at radius 2 is 1.95 bits per heavy atom. The highest BCUT2D eigenvalue weighted by Gasteiger charge is 1.96. The van der Waals surface area contributed by atoms with E-state index >= 15 is 0 Å². The number of pyridine rings is 1. The number of carbonyl (C=O) groups is 1. The number of anilines is 2. The molecule has 6 nitrogen and oxygen atoms in total. The molecule has 7 heteroatoms. The van der Waals surface area contributed by atoms with E-state index in [-0.39, 0.29) is 5.91 Å². The fourth-order valence-corrected chi connectivity index (χ4v) is 1.79. The van der Waals surface area contributed by atoms with E-state index < -0.39 is 0 Å². The molecule has 0 saturated carbocycles. The first-order chi connectivity index (χ1) is 10.6. The zero-order chi connectivity index (χ0) is 15.8. The lowest BCUT2D eigenvalue weighted by Gasteiger charge is -2.05. The molecule has 2 aromatic rings. The minimum absolute atomic E-state index is 0.102. The van der Waals surface area contributed by atoms with Gasteiger partial charge in [0.1, 0.15) is 0 Å². The summed E-state index contributed by atoms with van der Waals surface area (Å²) in [5, 5.41) is 10.1. The average Bonchev–Trinajstić information content (AvgIpc) is 2.49. The number of hydrogen-bond donors (Lipinski definition) is 3. The second-order valence-corrected chi connectivity index (χ2v) is 4.78. The fourth-order valence-electron chi connectivity index (χ4n) is 1.62. The highest BCUT2D eigenvalue weighted by molar-refractivity contribution is 7.80. The molecule has 0 saturated heterocycles. The summed E-state index contributed by atoms with van der Waals surface area (Å²) in [4.78, 5) is 14.9. The Labute approximate surface area is 133 Å². The van der Waals surface area contributed by atoms with Crippen LogP contribution in [0.25, 0.3) is 0 Å². The van der Waals surface area contributed by atoms with Crippen LogP contribution in [-0.2, 0) is 4.79 Å². The maximum Gasteiger partial charge on any atom is 0.221 e. The molecular weight excluding hydrogens is 298 g/mol. The number of thiocarbonyl (C=S) groups is 1. The number of aromatic nitrogens is 1. The van der Waals surface area contributed by atoms with Crippen molar-refractivity contribution in [2.75, 3.05) is 10.6 Å². The summed E-state index contributed by atoms with van der Waals surface area (Å²) >= 11 is 5.11. The minimum Gasteiger partial charge on any atom is -0.330 e. The predicted octanol–water partition coefficient (Wildman–Crippen LogP) is 2.36. The van der Waals surface area contributed by atoms with Crippen LogP contribution >= 0.6 is 12.2 Å². The Balaban J connectivity index is 1.84. The summed E-state index contributed by atoms with van der Waals surface area (Å²) in [6.45, 7) is 1.47. The van der Waals surface area contributed by atoms with Crippen LogP contribution < -0.4 is 16.1 Å². The van der Waals surface area contributed by atoms with Gasteiger partial charge in [-0.25, -0.2) is 0 Å². The maximum absolute atomic E-state index is 10.9. The van der Waals surface area contributed by atoms with Crippen LogP contribution in [0, 0.1) is 0 Å². The van der Waals surface area contributed by atoms with Gasteiger partial charge in [-0.15, -0.1) is 0 Å². The molecule has 0 radical (unpaired) electrons. The highest BCUT2D eigenvalue weighted by Crippen LogP contribution is 2.07. The summed E-state index contributed by atoms with van der Waals surface area (Å²) in [7, 11) is 0. The van der Waals surface area contributed by atoms with Crippen molar-refractivity contribution in [1.82, 2.24) is 10.4 Å². The largest absolute Gasteiger partial charge is 0.330 e. The first-order valence-corrected chi connectivity index (χ1v) is 6.92. The number of benzene rings is 1. The van der Waals surface area contributed by atoms with Crippen molar-refractivity contribution >= 4 is 40.8 Å². The summed E-state index contributed by atoms with van der Waals surface area (Å²) < 4.78 is 0. The number of nitrogens with zero attached hydrogens (tertiary/aromatic N) is 2. The molecule has 0 aliphatic rings. The second kappa shape index (κ2) is 7.84. The van der Waals surface area contributed by atoms with E-state index in [0.717, 1.165) is 16.9 Å². The van der Waals surface area contributed by atoms with E-state index in [0.29, 0.717) is 5.11 Å². The Bertz CT molecular complexity index is 670. The molecule has 1 heterocycles. The van der Waals surface area contributed by atoms with Gasteiger partial charge in [0.2, 0.25) is 5.91 Å². The number of amides is 1. The van der Waals surface area contributed by atoms with Gasteiger partial charge in [-0.3, -0.25) is 15.2 Å². The normalized spacial score (nSPS) is 10.2. The van der Waals surface area contributed by atoms with Crippen molar-refractivity contribution in [3.63, 3.8) is 0 Å². The van der Waals surface area contributed by atoms with Gasteiger partial charge in [0.05, 0.1) is 18.1 Å². The van der Waals surface area contributed by atoms with E-state index in [1.165, 1.54) is 6.92 Å². The monoisotopic (exact) mass is 313 g/mol. The number of hydrazone groups is 1. The van der Waals surface area contributed by atoms with Gasteiger partial charge in [0.15, 0.2) is 5.11 Å². The van der Waals surface area contributed by atoms with Gasteiger partial charge in [-0.05, 0) is 42.0 Å². The number of hydrogen-bond acceptors (Lipinski definition) is 4. The Morgan fingerprint density at radius 1 is 1.18 bits per heavy atom. The van der Waals surface area contributed by atoms with E-state index in [1.54, 1.807) is 30.7 Å². The molecule has 0 bridgehead atoms. The molecule has 0 spiro atoms. The van der Waals surface area contributed by atoms with Crippen molar-refractivity contribution in [3.8, 4) is 0 Å². The van der Waals surface area contributed by atoms with Gasteiger partial charge in [0.25, 0.3) is 0 Å². The SMILES string of the molecule is CC(=O)Nc1ccc(/C=N/NC(=S)Nc2cccnc2)cc1. The fraction of sp³-hybridized carbons (Fsp3) is 0.0667. The van der Waals surface area contributed by atoms with E-state index in [4.69, 9.17) is 12.2 Å². The zero-order valence-corrected chi connectivity index (χ0v) is 12.7. The third kappa shape index (κ3) is 5.29. The van der Waals surface area contributed by atoms with Crippen LogP contribution in [0.3, 0.4) is 0 Å². The van der Waals surface area contributed by atoms with Crippen molar-refractivity contribution in [2.24, 2.45) is 5.10 Å². The van der Waals surface area contributed by atoms with Crippen molar-refractivity contribution in [3.05, 3.63) is 54.4 Å². The molecular formula is C15H15N5OS. The van der Waals surface area contributed by atoms with Gasteiger partial charge in [-0.1, -0.05) is 12.1 Å². The van der Waals surface area contributed by atoms with Crippen LogP contribution in [0.2, 0.25) is 0 Å². The van der Waals surface area contributed by atoms with Gasteiger partial charge in [0, 0.05) is 18.8 Å². The molecule has 1 aromatic heterocycles. The second-order valence-electron chi connectivity index (χ2n) is 4.37. The number of nitrogens with one attached hydrogen (secondary N) is 3. The van der Waals surface area contributed by atoms with Crippen molar-refractivity contribution in [1.29, 1.82) is 0 Å². The Morgan fingerprint density at radius 3 is 2.59 bits per heavy atom. The van der Waals surface area contributed by atoms with E-state index in [2.05, 4.69) is 26.1 Å². The topological polar surface area (TPSA) is 78.4 Å². The smallest absolute Gasteiger partial charge is 0.221 e. The molecule has 0 atom stereocenters. The van der Waals surface area contributed by atoms with E-state index in [9.17, 15) is 4.79 Å². The molecule has 0 fully saturated rings. The summed E-state index contributed by atoms with van der Waals surface area (Å²) in [6.07, 6.45) is 4.98. The number of carbonyl (C=O) groups excluding carboxylic acids is 1. The van der Waals surface area contributed by atoms with Crippen LogP contribution in [0.15, 0.2) is 53.9 Å². The van der Waals surface area contributed by atoms with Crippen molar-refractivity contribution in [2.45, 2.75) is 6.92 Å². The standard InChI is InChI=1S/C15H15N5OS/c1-11(21)18-13-6-4-12(5-7-13)9-17-20-15(22)19-14-3-2-8-16-10-14/h2-10H,1H3,(H,18,21)(H2,19,20,22)/b17-9+. The Hall–Kier alpha value is -2.80. The van der Waals surface area contributed by atoms with Crippen molar-refractivity contribution < 1.29 is 4.79 Å². The summed E-state index contributed by atoms with van der Waals surface area (Å²) in [6, 6.07) is 10.9. The molecule has 0 aliphatic carbocycles. The molecule has 1 amide bonds. The molecule has 2 rings (SSSR count). The van der Waals surface area contributed by atoms with Crippen LogP contribution in [0.1, 0.15) is 12.5 Å². The molecule has 0 unspecified atom stereocenters. The third-order valence-electron chi connectivity index (χ3n) is 2.53. The lowest BCUT2D eigenvalue weighted by Crippen LogP contribution is -2.23. The van der Waals surface area contributed by atoms with Crippen LogP contribution in [0.5, 0.6) is 0 Å². The van der Waals surface area contributed by atoms with Gasteiger partial charge < -0.3 is 10.6 Å². The van der Waals surface area contributed by atoms with E-state index in [1.807, 2.05) is 24.3 Å². The molecule has 0 aliphatic heterocycles. The third-order valence-corrected chi connectivity index (χ3v) is 2.72. The molecule has 112 valence electrons. The first-order valence-electron chi connectivity index (χ1n) is 6.51. The van der Waals surface area contributed by atoms with Gasteiger partial charge >= 0.3 is 0 Å². The first kappa shape index (κ1) is 15.6. The summed E-state index contributed by atoms with van der Waals surface area (Å²) in [5.74, 6) is -0.102. The molecule has 1 aromatic carbocycles. The van der Waals surface area contributed by atoms with Crippen LogP contribution in [0.4, 0.5) is 11.4 Å². The Kier molecular flexibility index (Phi) is 5.56. The average molecular weight is 313 g/mol. The molecule has 22 heavy (non-hydrogen) atoms. The number of rotatable bonds is 4.